The fraction of sp³-hybridized carbons (Fsp3) is 0.333. The molecule has 1 fully saturated rings. The van der Waals surface area contributed by atoms with Crippen LogP contribution in [-0.4, -0.2) is 41.5 Å². The summed E-state index contributed by atoms with van der Waals surface area (Å²) in [6, 6.07) is 10.1. The highest BCUT2D eigenvalue weighted by atomic mass is 32.1. The highest BCUT2D eigenvalue weighted by Gasteiger charge is 2.12. The number of nitrogens with one attached hydrogen (secondary N) is 1. The first kappa shape index (κ1) is 11.6. The molecule has 1 saturated heterocycles. The maximum atomic E-state index is 5.30. The zero-order valence-corrected chi connectivity index (χ0v) is 10.7. The Hall–Kier alpha value is -1.50. The van der Waals surface area contributed by atoms with Gasteiger partial charge in [-0.05, 0) is 0 Å². The SMILES string of the molecule is c1ccc(-c2nnc(NN3CCOCC3)s2)cc1. The van der Waals surface area contributed by atoms with Gasteiger partial charge in [0.25, 0.3) is 0 Å². The van der Waals surface area contributed by atoms with E-state index in [1.54, 1.807) is 11.3 Å². The second kappa shape index (κ2) is 5.43. The van der Waals surface area contributed by atoms with Gasteiger partial charge in [0.2, 0.25) is 5.13 Å². The summed E-state index contributed by atoms with van der Waals surface area (Å²) in [5.41, 5.74) is 4.37. The van der Waals surface area contributed by atoms with Crippen molar-refractivity contribution >= 4 is 16.5 Å². The second-order valence-electron chi connectivity index (χ2n) is 3.99. The first-order valence-electron chi connectivity index (χ1n) is 5.90. The van der Waals surface area contributed by atoms with Crippen LogP contribution in [0.1, 0.15) is 0 Å². The van der Waals surface area contributed by atoms with E-state index in [1.807, 2.05) is 30.3 Å². The molecule has 2 aromatic rings. The number of nitrogens with zero attached hydrogens (tertiary/aromatic N) is 3. The molecule has 2 heterocycles. The molecule has 1 aliphatic heterocycles. The van der Waals surface area contributed by atoms with Crippen LogP contribution in [-0.2, 0) is 4.74 Å². The Morgan fingerprint density at radius 2 is 1.89 bits per heavy atom. The Kier molecular flexibility index (Phi) is 3.49. The average molecular weight is 262 g/mol. The lowest BCUT2D eigenvalue weighted by Gasteiger charge is -2.26. The van der Waals surface area contributed by atoms with Gasteiger partial charge >= 0.3 is 0 Å². The molecule has 0 spiro atoms. The molecule has 0 atom stereocenters. The van der Waals surface area contributed by atoms with Gasteiger partial charge < -0.3 is 4.74 Å². The third kappa shape index (κ3) is 2.66. The van der Waals surface area contributed by atoms with Crippen LogP contribution < -0.4 is 5.43 Å². The topological polar surface area (TPSA) is 50.3 Å². The van der Waals surface area contributed by atoms with E-state index >= 15 is 0 Å². The van der Waals surface area contributed by atoms with E-state index in [-0.39, 0.29) is 0 Å². The fourth-order valence-corrected chi connectivity index (χ4v) is 2.55. The summed E-state index contributed by atoms with van der Waals surface area (Å²) in [4.78, 5) is 0. The summed E-state index contributed by atoms with van der Waals surface area (Å²) in [6.45, 7) is 3.27. The van der Waals surface area contributed by atoms with Crippen molar-refractivity contribution in [3.8, 4) is 10.6 Å². The van der Waals surface area contributed by atoms with Gasteiger partial charge in [0.15, 0.2) is 0 Å². The number of morpholine rings is 1. The molecule has 5 nitrogen and oxygen atoms in total. The minimum Gasteiger partial charge on any atom is -0.379 e. The molecule has 0 radical (unpaired) electrons. The van der Waals surface area contributed by atoms with Gasteiger partial charge in [-0.2, -0.15) is 0 Å². The zero-order valence-electron chi connectivity index (χ0n) is 9.87. The number of ether oxygens (including phenoxy) is 1. The second-order valence-corrected chi connectivity index (χ2v) is 4.97. The minimum absolute atomic E-state index is 0.761. The van der Waals surface area contributed by atoms with Crippen molar-refractivity contribution in [1.29, 1.82) is 0 Å². The van der Waals surface area contributed by atoms with E-state index in [0.29, 0.717) is 0 Å². The molecule has 0 bridgehead atoms. The third-order valence-corrected chi connectivity index (χ3v) is 3.59. The predicted molar refractivity (Wildman–Crippen MR) is 71.4 cm³/mol. The van der Waals surface area contributed by atoms with Crippen LogP contribution >= 0.6 is 11.3 Å². The molecule has 6 heteroatoms. The Bertz CT molecular complexity index is 496. The van der Waals surface area contributed by atoms with Gasteiger partial charge in [-0.15, -0.1) is 10.2 Å². The van der Waals surface area contributed by atoms with Crippen LogP contribution in [0.2, 0.25) is 0 Å². The molecule has 0 amide bonds. The Morgan fingerprint density at radius 3 is 2.67 bits per heavy atom. The van der Waals surface area contributed by atoms with Crippen LogP contribution in [0.3, 0.4) is 0 Å². The molecular weight excluding hydrogens is 248 g/mol. The van der Waals surface area contributed by atoms with Crippen LogP contribution in [0.25, 0.3) is 10.6 Å². The van der Waals surface area contributed by atoms with Gasteiger partial charge in [-0.25, -0.2) is 5.01 Å². The normalized spacial score (nSPS) is 16.7. The Labute approximate surface area is 109 Å². The van der Waals surface area contributed by atoms with E-state index in [9.17, 15) is 0 Å². The first-order chi connectivity index (χ1) is 8.92. The monoisotopic (exact) mass is 262 g/mol. The Morgan fingerprint density at radius 1 is 1.11 bits per heavy atom. The summed E-state index contributed by atoms with van der Waals surface area (Å²) < 4.78 is 5.30. The van der Waals surface area contributed by atoms with Crippen molar-refractivity contribution in [1.82, 2.24) is 15.2 Å². The lowest BCUT2D eigenvalue weighted by molar-refractivity contribution is 0.0496. The van der Waals surface area contributed by atoms with Crippen LogP contribution in [0, 0.1) is 0 Å². The predicted octanol–water partition coefficient (Wildman–Crippen LogP) is 1.86. The van der Waals surface area contributed by atoms with Gasteiger partial charge in [-0.3, -0.25) is 5.43 Å². The van der Waals surface area contributed by atoms with Crippen molar-refractivity contribution in [2.45, 2.75) is 0 Å². The number of anilines is 1. The largest absolute Gasteiger partial charge is 0.379 e. The van der Waals surface area contributed by atoms with E-state index < -0.39 is 0 Å². The number of rotatable bonds is 3. The average Bonchev–Trinajstić information content (AvgIpc) is 2.89. The quantitative estimate of drug-likeness (QED) is 0.915. The summed E-state index contributed by atoms with van der Waals surface area (Å²) in [7, 11) is 0. The van der Waals surface area contributed by atoms with Gasteiger partial charge in [-0.1, -0.05) is 41.7 Å². The molecular formula is C12H14N4OS. The van der Waals surface area contributed by atoms with Gasteiger partial charge in [0.1, 0.15) is 5.01 Å². The van der Waals surface area contributed by atoms with Gasteiger partial charge in [0, 0.05) is 18.7 Å². The molecule has 18 heavy (non-hydrogen) atoms. The highest BCUT2D eigenvalue weighted by molar-refractivity contribution is 7.18. The van der Waals surface area contributed by atoms with Crippen molar-refractivity contribution in [3.63, 3.8) is 0 Å². The first-order valence-corrected chi connectivity index (χ1v) is 6.72. The minimum atomic E-state index is 0.761. The lowest BCUT2D eigenvalue weighted by Crippen LogP contribution is -2.40. The molecule has 0 unspecified atom stereocenters. The van der Waals surface area contributed by atoms with Crippen LogP contribution in [0.4, 0.5) is 5.13 Å². The summed E-state index contributed by atoms with van der Waals surface area (Å²) in [5.74, 6) is 0. The number of hydrazine groups is 1. The third-order valence-electron chi connectivity index (χ3n) is 2.71. The van der Waals surface area contributed by atoms with Crippen molar-refractivity contribution in [2.75, 3.05) is 31.7 Å². The molecule has 3 rings (SSSR count). The fourth-order valence-electron chi connectivity index (χ4n) is 1.78. The maximum Gasteiger partial charge on any atom is 0.220 e. The number of aromatic nitrogens is 2. The smallest absolute Gasteiger partial charge is 0.220 e. The highest BCUT2D eigenvalue weighted by Crippen LogP contribution is 2.26. The standard InChI is InChI=1S/C12H14N4OS/c1-2-4-10(5-3-1)11-13-14-12(18-11)15-16-6-8-17-9-7-16/h1-5H,6-9H2,(H,14,15). The van der Waals surface area contributed by atoms with Gasteiger partial charge in [0.05, 0.1) is 13.2 Å². The van der Waals surface area contributed by atoms with Crippen molar-refractivity contribution in [2.24, 2.45) is 0 Å². The molecule has 1 N–H and O–H groups in total. The zero-order chi connectivity index (χ0) is 12.2. The molecule has 94 valence electrons. The molecule has 1 aliphatic rings. The van der Waals surface area contributed by atoms with Crippen LogP contribution in [0.15, 0.2) is 30.3 Å². The molecule has 0 saturated carbocycles. The number of benzene rings is 1. The van der Waals surface area contributed by atoms with E-state index in [2.05, 4.69) is 20.6 Å². The summed E-state index contributed by atoms with van der Waals surface area (Å²) in [5, 5.41) is 12.2. The van der Waals surface area contributed by atoms with E-state index in [4.69, 9.17) is 4.74 Å². The molecule has 1 aromatic heterocycles. The van der Waals surface area contributed by atoms with Crippen molar-refractivity contribution < 1.29 is 4.74 Å². The molecule has 0 aliphatic carbocycles. The summed E-state index contributed by atoms with van der Waals surface area (Å²) in [6.07, 6.45) is 0. The van der Waals surface area contributed by atoms with Crippen molar-refractivity contribution in [3.05, 3.63) is 30.3 Å². The van der Waals surface area contributed by atoms with Crippen LogP contribution in [0.5, 0.6) is 0 Å². The summed E-state index contributed by atoms with van der Waals surface area (Å²) >= 11 is 1.56. The molecule has 1 aromatic carbocycles. The number of hydrogen-bond donors (Lipinski definition) is 1. The number of hydrogen-bond acceptors (Lipinski definition) is 6. The maximum absolute atomic E-state index is 5.30. The van der Waals surface area contributed by atoms with E-state index in [1.165, 1.54) is 0 Å². The van der Waals surface area contributed by atoms with E-state index in [0.717, 1.165) is 42.0 Å². The Balaban J connectivity index is 1.69. The lowest BCUT2D eigenvalue weighted by atomic mass is 10.2.